The minimum atomic E-state index is -1.36. The van der Waals surface area contributed by atoms with Crippen LogP contribution in [0.15, 0.2) is 46.5 Å². The maximum absolute atomic E-state index is 15.1. The second kappa shape index (κ2) is 19.0. The zero-order valence-corrected chi connectivity index (χ0v) is 42.3. The van der Waals surface area contributed by atoms with Crippen LogP contribution in [0.3, 0.4) is 0 Å². The molecule has 8 aliphatic rings. The molecule has 1 spiro atoms. The Kier molecular flexibility index (Phi) is 14.2. The summed E-state index contributed by atoms with van der Waals surface area (Å²) in [6.07, 6.45) is 22.8. The Morgan fingerprint density at radius 3 is 2.39 bits per heavy atom. The smallest absolute Gasteiger partial charge is 0.190 e. The van der Waals surface area contributed by atoms with Crippen LogP contribution in [0.25, 0.3) is 0 Å². The van der Waals surface area contributed by atoms with E-state index < -0.39 is 46.9 Å². The van der Waals surface area contributed by atoms with E-state index in [2.05, 4.69) is 48.8 Å². The number of guanidine groups is 1. The third kappa shape index (κ3) is 8.62. The minimum absolute atomic E-state index is 0.0228. The van der Waals surface area contributed by atoms with Crippen LogP contribution < -0.4 is 11.1 Å². The lowest BCUT2D eigenvalue weighted by molar-refractivity contribution is -0.188. The van der Waals surface area contributed by atoms with Crippen LogP contribution >= 0.6 is 21.6 Å². The number of fused-ring (bicyclic) bond motifs is 9. The SMILES string of the molecule is CC(O)NC(N)=NCC1CC2(C)C3CC(CSSCC(n4ccnc4)CC(C)(C)C(=C4CCCC5(CCCC5)C4)CC(O)C3C)C2(O)C2=CC(=O)C3CC(O)C(O)CC3(C3CCCCC3)C21. The normalized spacial score (nSPS) is 43.9. The standard InChI is InChI=1S/C53H83N5O6S2/c1-32-39-20-37(29-65-66-30-38(58-19-18-55-31-58)26-49(3,4)40(21-43(32)60)34-12-11-17-51(25-34)15-9-10-16-51)53(64)42-23-44(61)41-22-45(62)46(63)27-52(41,36-13-7-6-8-14-36)47(42)35(24-50(39,53)5)28-56-48(54)57-33(2)59/h18-19,23,31-33,35-39,41,43,45-47,59-60,62-64H,6-17,20-22,24-30H2,1-5H3,(H3,54,56,57). The van der Waals surface area contributed by atoms with E-state index in [-0.39, 0.29) is 65.1 Å². The number of aromatic nitrogens is 2. The van der Waals surface area contributed by atoms with Gasteiger partial charge in [0.25, 0.3) is 0 Å². The molecule has 1 aliphatic heterocycles. The lowest BCUT2D eigenvalue weighted by atomic mass is 9.39. The molecule has 368 valence electrons. The summed E-state index contributed by atoms with van der Waals surface area (Å²) in [7, 11) is 3.73. The highest BCUT2D eigenvalue weighted by Crippen LogP contribution is 2.73. The van der Waals surface area contributed by atoms with Gasteiger partial charge in [-0.2, -0.15) is 0 Å². The number of hydrogen-bond donors (Lipinski definition) is 7. The molecule has 8 N–H and O–H groups in total. The second-order valence-electron chi connectivity index (χ2n) is 24.1. The highest BCUT2D eigenvalue weighted by molar-refractivity contribution is 8.76. The molecule has 1 saturated heterocycles. The molecule has 2 heterocycles. The van der Waals surface area contributed by atoms with E-state index in [9.17, 15) is 25.5 Å². The number of aliphatic imine (C=N–C) groups is 1. The highest BCUT2D eigenvalue weighted by Gasteiger charge is 2.73. The number of allylic oxidation sites excluding steroid dienone is 2. The van der Waals surface area contributed by atoms with E-state index in [1.165, 1.54) is 44.1 Å². The molecule has 0 amide bonds. The van der Waals surface area contributed by atoms with Gasteiger partial charge >= 0.3 is 0 Å². The zero-order valence-electron chi connectivity index (χ0n) is 40.7. The molecule has 6 saturated carbocycles. The first-order valence-corrected chi connectivity index (χ1v) is 28.6. The van der Waals surface area contributed by atoms with Gasteiger partial charge in [-0.3, -0.25) is 9.79 Å². The van der Waals surface area contributed by atoms with Crippen molar-refractivity contribution in [1.82, 2.24) is 14.9 Å². The maximum atomic E-state index is 15.1. The van der Waals surface area contributed by atoms with Crippen molar-refractivity contribution in [2.24, 2.45) is 73.8 Å². The van der Waals surface area contributed by atoms with Crippen molar-refractivity contribution in [2.45, 2.75) is 193 Å². The van der Waals surface area contributed by atoms with Gasteiger partial charge in [0, 0.05) is 53.7 Å². The fraction of sp³-hybridized carbons (Fsp3) is 0.830. The molecular weight excluding hydrogens is 867 g/mol. The molecular formula is C53H83N5O6S2. The first-order valence-electron chi connectivity index (χ1n) is 26.1. The van der Waals surface area contributed by atoms with Crippen LogP contribution in [0.5, 0.6) is 0 Å². The van der Waals surface area contributed by atoms with E-state index in [0.29, 0.717) is 37.0 Å². The van der Waals surface area contributed by atoms with Crippen molar-refractivity contribution in [3.63, 3.8) is 0 Å². The van der Waals surface area contributed by atoms with Crippen LogP contribution in [0.1, 0.15) is 163 Å². The molecule has 7 aliphatic carbocycles. The van der Waals surface area contributed by atoms with E-state index >= 15 is 4.79 Å². The molecule has 1 aromatic heterocycles. The van der Waals surface area contributed by atoms with Crippen LogP contribution in [0.2, 0.25) is 0 Å². The number of nitrogens with two attached hydrogens (primary N) is 1. The van der Waals surface area contributed by atoms with E-state index in [4.69, 9.17) is 10.7 Å². The van der Waals surface area contributed by atoms with Gasteiger partial charge in [0.05, 0.1) is 30.2 Å². The number of aliphatic hydroxyl groups excluding tert-OH is 4. The average molecular weight is 950 g/mol. The summed E-state index contributed by atoms with van der Waals surface area (Å²) in [5.74, 6) is 0.552. The molecule has 0 aromatic carbocycles. The van der Waals surface area contributed by atoms with E-state index in [1.54, 1.807) is 12.5 Å². The number of hydrogen-bond acceptors (Lipinski definition) is 10. The van der Waals surface area contributed by atoms with Crippen LogP contribution in [0, 0.1) is 63.1 Å². The van der Waals surface area contributed by atoms with E-state index in [1.807, 2.05) is 40.2 Å². The van der Waals surface area contributed by atoms with Gasteiger partial charge in [-0.25, -0.2) is 4.98 Å². The molecule has 11 nitrogen and oxygen atoms in total. The summed E-state index contributed by atoms with van der Waals surface area (Å²) in [6.45, 7) is 11.3. The Balaban J connectivity index is 1.17. The van der Waals surface area contributed by atoms with Crippen molar-refractivity contribution < 1.29 is 30.3 Å². The van der Waals surface area contributed by atoms with Gasteiger partial charge in [0.2, 0.25) is 0 Å². The second-order valence-corrected chi connectivity index (χ2v) is 26.6. The van der Waals surface area contributed by atoms with Gasteiger partial charge in [-0.05, 0) is 154 Å². The van der Waals surface area contributed by atoms with Gasteiger partial charge in [-0.15, -0.1) is 0 Å². The highest BCUT2D eigenvalue weighted by atomic mass is 33.1. The summed E-state index contributed by atoms with van der Waals surface area (Å²) in [5.41, 5.74) is 7.76. The number of nitrogens with zero attached hydrogens (tertiary/aromatic N) is 3. The Morgan fingerprint density at radius 2 is 1.68 bits per heavy atom. The molecule has 2 bridgehead atoms. The van der Waals surface area contributed by atoms with Crippen LogP contribution in [-0.4, -0.2) is 95.0 Å². The number of nitrogens with one attached hydrogen (secondary N) is 1. The molecule has 13 heteroatoms. The topological polar surface area (TPSA) is 186 Å². The van der Waals surface area contributed by atoms with Crippen molar-refractivity contribution >= 4 is 33.3 Å². The average Bonchev–Trinajstić information content (AvgIpc) is 4.03. The molecule has 7 fully saturated rings. The number of carbonyl (C=O) groups excluding carboxylic acids is 1. The number of ketones is 1. The third-order valence-electron chi connectivity index (χ3n) is 20.0. The van der Waals surface area contributed by atoms with Crippen molar-refractivity contribution in [3.8, 4) is 0 Å². The quantitative estimate of drug-likeness (QED) is 0.0494. The third-order valence-corrected chi connectivity index (χ3v) is 22.5. The summed E-state index contributed by atoms with van der Waals surface area (Å²) in [5, 5.41) is 63.6. The van der Waals surface area contributed by atoms with Gasteiger partial charge < -0.3 is 41.2 Å². The molecule has 0 radical (unpaired) electrons. The number of aliphatic hydroxyl groups is 5. The largest absolute Gasteiger partial charge is 0.393 e. The first-order chi connectivity index (χ1) is 31.4. The van der Waals surface area contributed by atoms with Crippen molar-refractivity contribution in [1.29, 1.82) is 0 Å². The van der Waals surface area contributed by atoms with Gasteiger partial charge in [0.15, 0.2) is 11.7 Å². The van der Waals surface area contributed by atoms with Crippen molar-refractivity contribution in [2.75, 3.05) is 18.1 Å². The number of rotatable bonds is 5. The van der Waals surface area contributed by atoms with Crippen LogP contribution in [0.4, 0.5) is 0 Å². The van der Waals surface area contributed by atoms with Crippen molar-refractivity contribution in [3.05, 3.63) is 41.5 Å². The van der Waals surface area contributed by atoms with E-state index in [0.717, 1.165) is 69.1 Å². The van der Waals surface area contributed by atoms with Gasteiger partial charge in [0.1, 0.15) is 6.23 Å². The summed E-state index contributed by atoms with van der Waals surface area (Å²) in [4.78, 5) is 24.5. The lowest BCUT2D eigenvalue weighted by Gasteiger charge is -2.66. The Hall–Kier alpha value is -1.87. The molecule has 9 rings (SSSR count). The maximum Gasteiger partial charge on any atom is 0.190 e. The molecule has 14 unspecified atom stereocenters. The predicted molar refractivity (Wildman–Crippen MR) is 265 cm³/mol. The number of imidazole rings is 1. The summed E-state index contributed by atoms with van der Waals surface area (Å²) in [6, 6.07) is 0.192. The van der Waals surface area contributed by atoms with Gasteiger partial charge in [-0.1, -0.05) is 92.5 Å². The molecule has 66 heavy (non-hydrogen) atoms. The lowest BCUT2D eigenvalue weighted by Crippen LogP contribution is -2.67. The first kappa shape index (κ1) is 49.1. The fourth-order valence-electron chi connectivity index (χ4n) is 17.0. The predicted octanol–water partition coefficient (Wildman–Crippen LogP) is 8.51. The fourth-order valence-corrected chi connectivity index (χ4v) is 19.8. The molecule has 14 atom stereocenters. The molecule has 1 aromatic rings. The Labute approximate surface area is 402 Å². The zero-order chi connectivity index (χ0) is 46.8. The summed E-state index contributed by atoms with van der Waals surface area (Å²) < 4.78 is 2.28. The van der Waals surface area contributed by atoms with Crippen LogP contribution in [-0.2, 0) is 4.79 Å². The Bertz CT molecular complexity index is 1990. The Morgan fingerprint density at radius 1 is 0.955 bits per heavy atom. The minimum Gasteiger partial charge on any atom is -0.393 e. The number of carbonyl (C=O) groups is 1. The monoisotopic (exact) mass is 950 g/mol. The summed E-state index contributed by atoms with van der Waals surface area (Å²) >= 11 is 0.